The van der Waals surface area contributed by atoms with E-state index in [9.17, 15) is 13.2 Å². The maximum atomic E-state index is 12.0. The lowest BCUT2D eigenvalue weighted by Crippen LogP contribution is -2.41. The number of nitrogens with one attached hydrogen (secondary N) is 1. The summed E-state index contributed by atoms with van der Waals surface area (Å²) in [7, 11) is -3.26. The van der Waals surface area contributed by atoms with E-state index in [4.69, 9.17) is 4.74 Å². The van der Waals surface area contributed by atoms with Gasteiger partial charge in [0.15, 0.2) is 0 Å². The average Bonchev–Trinajstić information content (AvgIpc) is 3.01. The Balaban J connectivity index is 1.60. The third-order valence-corrected chi connectivity index (χ3v) is 5.77. The van der Waals surface area contributed by atoms with E-state index >= 15 is 0 Å². The molecule has 0 unspecified atom stereocenters. The molecule has 122 valence electrons. The first-order valence-corrected chi connectivity index (χ1v) is 9.23. The lowest BCUT2D eigenvalue weighted by atomic mass is 10.4. The number of amides is 1. The Hall–Kier alpha value is -0.700. The minimum absolute atomic E-state index is 0.0436. The Bertz CT molecular complexity index is 429. The van der Waals surface area contributed by atoms with Gasteiger partial charge in [0.25, 0.3) is 0 Å². The zero-order valence-corrected chi connectivity index (χ0v) is 13.2. The molecule has 8 heteroatoms. The SMILES string of the molecule is O=C(CCS(=O)(=O)N1CCCC1)NCCN1CCOCC1. The van der Waals surface area contributed by atoms with E-state index in [2.05, 4.69) is 10.2 Å². The van der Waals surface area contributed by atoms with E-state index in [1.165, 1.54) is 4.31 Å². The molecule has 0 aromatic rings. The van der Waals surface area contributed by atoms with Crippen molar-refractivity contribution in [3.63, 3.8) is 0 Å². The Morgan fingerprint density at radius 3 is 2.43 bits per heavy atom. The Morgan fingerprint density at radius 2 is 1.76 bits per heavy atom. The van der Waals surface area contributed by atoms with Crippen LogP contribution in [0.4, 0.5) is 0 Å². The molecule has 2 rings (SSSR count). The standard InChI is InChI=1S/C13H25N3O4S/c17-13(14-4-7-15-8-10-20-11-9-15)3-12-21(18,19)16-5-1-2-6-16/h1-12H2,(H,14,17). The van der Waals surface area contributed by atoms with Gasteiger partial charge in [0.2, 0.25) is 15.9 Å². The summed E-state index contributed by atoms with van der Waals surface area (Å²) in [5, 5.41) is 2.79. The highest BCUT2D eigenvalue weighted by Gasteiger charge is 2.25. The second-order valence-electron chi connectivity index (χ2n) is 5.48. The van der Waals surface area contributed by atoms with Gasteiger partial charge in [-0.15, -0.1) is 0 Å². The number of carbonyl (C=O) groups is 1. The van der Waals surface area contributed by atoms with Crippen LogP contribution >= 0.6 is 0 Å². The molecule has 2 aliphatic heterocycles. The van der Waals surface area contributed by atoms with Gasteiger partial charge in [0.1, 0.15) is 0 Å². The number of sulfonamides is 1. The van der Waals surface area contributed by atoms with Gasteiger partial charge < -0.3 is 10.1 Å². The number of ether oxygens (including phenoxy) is 1. The monoisotopic (exact) mass is 319 g/mol. The minimum Gasteiger partial charge on any atom is -0.379 e. The first kappa shape index (κ1) is 16.7. The van der Waals surface area contributed by atoms with E-state index in [1.807, 2.05) is 0 Å². The zero-order chi connectivity index (χ0) is 15.1. The lowest BCUT2D eigenvalue weighted by molar-refractivity contribution is -0.120. The van der Waals surface area contributed by atoms with Crippen molar-refractivity contribution in [1.29, 1.82) is 0 Å². The highest BCUT2D eigenvalue weighted by Crippen LogP contribution is 2.13. The number of carbonyl (C=O) groups excluding carboxylic acids is 1. The van der Waals surface area contributed by atoms with Crippen molar-refractivity contribution >= 4 is 15.9 Å². The molecule has 0 aliphatic carbocycles. The van der Waals surface area contributed by atoms with E-state index in [1.54, 1.807) is 0 Å². The quantitative estimate of drug-likeness (QED) is 0.668. The first-order valence-electron chi connectivity index (χ1n) is 7.62. The Labute approximate surface area is 126 Å². The molecule has 7 nitrogen and oxygen atoms in total. The van der Waals surface area contributed by atoms with Crippen LogP contribution in [-0.4, -0.2) is 81.8 Å². The summed E-state index contributed by atoms with van der Waals surface area (Å²) in [6, 6.07) is 0. The first-order chi connectivity index (χ1) is 10.1. The third kappa shape index (κ3) is 5.54. The topological polar surface area (TPSA) is 79.0 Å². The Morgan fingerprint density at radius 1 is 1.10 bits per heavy atom. The second-order valence-corrected chi connectivity index (χ2v) is 7.56. The zero-order valence-electron chi connectivity index (χ0n) is 12.4. The van der Waals surface area contributed by atoms with Crippen LogP contribution in [0.2, 0.25) is 0 Å². The van der Waals surface area contributed by atoms with Crippen LogP contribution in [0.1, 0.15) is 19.3 Å². The van der Waals surface area contributed by atoms with Gasteiger partial charge in [0, 0.05) is 45.7 Å². The van der Waals surface area contributed by atoms with Gasteiger partial charge in [0.05, 0.1) is 19.0 Å². The van der Waals surface area contributed by atoms with Crippen molar-refractivity contribution in [2.75, 3.05) is 58.2 Å². The van der Waals surface area contributed by atoms with Gasteiger partial charge >= 0.3 is 0 Å². The van der Waals surface area contributed by atoms with Crippen LogP contribution in [-0.2, 0) is 19.6 Å². The molecule has 0 bridgehead atoms. The average molecular weight is 319 g/mol. The van der Waals surface area contributed by atoms with E-state index < -0.39 is 10.0 Å². The van der Waals surface area contributed by atoms with Crippen LogP contribution in [0.15, 0.2) is 0 Å². The molecule has 2 saturated heterocycles. The van der Waals surface area contributed by atoms with Gasteiger partial charge in [-0.25, -0.2) is 12.7 Å². The van der Waals surface area contributed by atoms with Crippen molar-refractivity contribution < 1.29 is 17.9 Å². The third-order valence-electron chi connectivity index (χ3n) is 3.90. The van der Waals surface area contributed by atoms with Crippen LogP contribution < -0.4 is 5.32 Å². The smallest absolute Gasteiger partial charge is 0.221 e. The van der Waals surface area contributed by atoms with Crippen LogP contribution in [0, 0.1) is 0 Å². The van der Waals surface area contributed by atoms with Crippen LogP contribution in [0.25, 0.3) is 0 Å². The molecule has 0 saturated carbocycles. The second kappa shape index (κ2) is 8.07. The normalized spacial score (nSPS) is 21.5. The number of rotatable bonds is 7. The molecule has 0 spiro atoms. The molecule has 1 N–H and O–H groups in total. The summed E-state index contributed by atoms with van der Waals surface area (Å²) >= 11 is 0. The molecule has 2 fully saturated rings. The van der Waals surface area contributed by atoms with Crippen molar-refractivity contribution in [2.45, 2.75) is 19.3 Å². The predicted molar refractivity (Wildman–Crippen MR) is 79.5 cm³/mol. The number of nitrogens with zero attached hydrogens (tertiary/aromatic N) is 2. The fourth-order valence-corrected chi connectivity index (χ4v) is 4.10. The molecular formula is C13H25N3O4S. The van der Waals surface area contributed by atoms with Gasteiger partial charge in [-0.05, 0) is 12.8 Å². The van der Waals surface area contributed by atoms with Crippen molar-refractivity contribution in [1.82, 2.24) is 14.5 Å². The summed E-state index contributed by atoms with van der Waals surface area (Å²) in [6.45, 7) is 5.79. The van der Waals surface area contributed by atoms with Gasteiger partial charge in [-0.2, -0.15) is 0 Å². The molecule has 21 heavy (non-hydrogen) atoms. The highest BCUT2D eigenvalue weighted by atomic mass is 32.2. The van der Waals surface area contributed by atoms with Crippen molar-refractivity contribution in [2.24, 2.45) is 0 Å². The highest BCUT2D eigenvalue weighted by molar-refractivity contribution is 7.89. The summed E-state index contributed by atoms with van der Waals surface area (Å²) in [6.07, 6.45) is 1.89. The number of hydrogen-bond donors (Lipinski definition) is 1. The molecule has 0 aromatic carbocycles. The van der Waals surface area contributed by atoms with E-state index in [-0.39, 0.29) is 18.1 Å². The van der Waals surface area contributed by atoms with Gasteiger partial charge in [-0.1, -0.05) is 0 Å². The Kier molecular flexibility index (Phi) is 6.40. The fraction of sp³-hybridized carbons (Fsp3) is 0.923. The molecule has 1 amide bonds. The van der Waals surface area contributed by atoms with Crippen molar-refractivity contribution in [3.05, 3.63) is 0 Å². The van der Waals surface area contributed by atoms with E-state index in [0.29, 0.717) is 19.6 Å². The largest absolute Gasteiger partial charge is 0.379 e. The molecule has 0 radical (unpaired) electrons. The summed E-state index contributed by atoms with van der Waals surface area (Å²) in [4.78, 5) is 13.9. The molecule has 2 heterocycles. The summed E-state index contributed by atoms with van der Waals surface area (Å²) in [5.41, 5.74) is 0. The maximum absolute atomic E-state index is 12.0. The maximum Gasteiger partial charge on any atom is 0.221 e. The predicted octanol–water partition coefficient (Wildman–Crippen LogP) is -0.749. The molecule has 0 atom stereocenters. The van der Waals surface area contributed by atoms with E-state index in [0.717, 1.165) is 45.7 Å². The summed E-state index contributed by atoms with van der Waals surface area (Å²) in [5.74, 6) is -0.276. The van der Waals surface area contributed by atoms with Gasteiger partial charge in [-0.3, -0.25) is 9.69 Å². The number of hydrogen-bond acceptors (Lipinski definition) is 5. The van der Waals surface area contributed by atoms with Crippen LogP contribution in [0.5, 0.6) is 0 Å². The molecule has 0 aromatic heterocycles. The minimum atomic E-state index is -3.26. The fourth-order valence-electron chi connectivity index (χ4n) is 2.58. The number of morpholine rings is 1. The summed E-state index contributed by atoms with van der Waals surface area (Å²) < 4.78 is 30.7. The van der Waals surface area contributed by atoms with Crippen LogP contribution in [0.3, 0.4) is 0 Å². The molecular weight excluding hydrogens is 294 g/mol. The lowest BCUT2D eigenvalue weighted by Gasteiger charge is -2.26. The molecule has 2 aliphatic rings. The van der Waals surface area contributed by atoms with Crippen molar-refractivity contribution in [3.8, 4) is 0 Å².